The van der Waals surface area contributed by atoms with E-state index in [9.17, 15) is 40.5 Å². The van der Waals surface area contributed by atoms with Crippen LogP contribution in [0.5, 0.6) is 0 Å². The van der Waals surface area contributed by atoms with Gasteiger partial charge < -0.3 is 50.0 Å². The number of carboxylic acid groups (broad SMARTS) is 1. The molecule has 0 spiro atoms. The van der Waals surface area contributed by atoms with Crippen molar-refractivity contribution in [1.82, 2.24) is 0 Å². The van der Waals surface area contributed by atoms with E-state index in [1.54, 1.807) is 0 Å². The quantitative estimate of drug-likeness (QED) is 0.154. The van der Waals surface area contributed by atoms with E-state index in [0.29, 0.717) is 0 Å². The third kappa shape index (κ3) is 4.87. The molecule has 2 fully saturated rings. The second-order valence-corrected chi connectivity index (χ2v) is 5.59. The summed E-state index contributed by atoms with van der Waals surface area (Å²) in [6, 6.07) is 0. The normalized spacial score (nSPS) is 47.8. The molecule has 0 aromatic heterocycles. The Morgan fingerprint density at radius 1 is 0.800 bits per heavy atom. The number of hydrogen-bond acceptors (Lipinski definition) is 12. The van der Waals surface area contributed by atoms with E-state index in [1.165, 1.54) is 6.92 Å². The van der Waals surface area contributed by atoms with Gasteiger partial charge in [-0.15, -0.1) is 0 Å². The Kier molecular flexibility index (Phi) is 8.62. The molecule has 140 valence electrons. The van der Waals surface area contributed by atoms with Gasteiger partial charge in [-0.25, -0.2) is 0 Å². The molecule has 2 rings (SSSR count). The Morgan fingerprint density at radius 2 is 1.24 bits per heavy atom. The number of carbonyl (C=O) groups excluding carboxylic acids is 1. The molecule has 0 radical (unpaired) electrons. The Bertz CT molecular complexity index is 452. The molecule has 2 heterocycles. The molecule has 0 aromatic carbocycles. The standard InChI is InChI=1S/C12H20O12.Na/c1-2-3(13)4(14)7(17)11(21-2)23-24-12-8(18)5(15)6(16)9(22-12)10(19)20;/h2-9,11-18H,1H3,(H,19,20);/q;+1/p-1/t2-,3-,4+,5+,6+,7-,8-,9+,11-,12+;/m1./s1. The topological polar surface area (TPSA) is 198 Å². The maximum absolute atomic E-state index is 10.8. The number of aliphatic carboxylic acids is 1. The van der Waals surface area contributed by atoms with Gasteiger partial charge in [-0.3, -0.25) is 0 Å². The van der Waals surface area contributed by atoms with Crippen molar-refractivity contribution in [2.75, 3.05) is 0 Å². The predicted octanol–water partition coefficient (Wildman–Crippen LogP) is -8.68. The Morgan fingerprint density at radius 3 is 1.72 bits per heavy atom. The van der Waals surface area contributed by atoms with Gasteiger partial charge in [0.05, 0.1) is 12.1 Å². The van der Waals surface area contributed by atoms with Crippen LogP contribution in [0.1, 0.15) is 6.92 Å². The van der Waals surface area contributed by atoms with Crippen molar-refractivity contribution in [2.45, 2.75) is 68.3 Å². The van der Waals surface area contributed by atoms with Gasteiger partial charge in [0.1, 0.15) is 42.7 Å². The van der Waals surface area contributed by atoms with Gasteiger partial charge in [-0.1, -0.05) is 0 Å². The zero-order chi connectivity index (χ0) is 18.2. The van der Waals surface area contributed by atoms with E-state index in [-0.39, 0.29) is 29.6 Å². The molecular formula is C12H19NaO12. The summed E-state index contributed by atoms with van der Waals surface area (Å²) in [6.07, 6.45) is -16.9. The molecule has 0 aromatic rings. The van der Waals surface area contributed by atoms with Gasteiger partial charge >= 0.3 is 29.6 Å². The second kappa shape index (κ2) is 9.32. The summed E-state index contributed by atoms with van der Waals surface area (Å²) >= 11 is 0. The van der Waals surface area contributed by atoms with Gasteiger partial charge in [-0.05, 0) is 6.92 Å². The van der Waals surface area contributed by atoms with Crippen molar-refractivity contribution in [3.05, 3.63) is 0 Å². The smallest absolute Gasteiger partial charge is 0.547 e. The predicted molar refractivity (Wildman–Crippen MR) is 66.2 cm³/mol. The van der Waals surface area contributed by atoms with E-state index in [0.717, 1.165) is 0 Å². The van der Waals surface area contributed by atoms with Crippen LogP contribution in [0.3, 0.4) is 0 Å². The largest absolute Gasteiger partial charge is 1.00 e. The summed E-state index contributed by atoms with van der Waals surface area (Å²) in [5, 5.41) is 68.4. The minimum atomic E-state index is -2.00. The van der Waals surface area contributed by atoms with E-state index >= 15 is 0 Å². The number of rotatable bonds is 4. The van der Waals surface area contributed by atoms with Crippen LogP contribution < -0.4 is 34.7 Å². The van der Waals surface area contributed by atoms with E-state index in [2.05, 4.69) is 9.78 Å². The van der Waals surface area contributed by atoms with Crippen LogP contribution in [0.2, 0.25) is 0 Å². The molecule has 0 saturated carbocycles. The van der Waals surface area contributed by atoms with Crippen molar-refractivity contribution >= 4 is 5.97 Å². The maximum Gasteiger partial charge on any atom is 1.00 e. The molecule has 2 aliphatic rings. The summed E-state index contributed by atoms with van der Waals surface area (Å²) in [6.45, 7) is 1.38. The van der Waals surface area contributed by atoms with Crippen LogP contribution in [0.15, 0.2) is 0 Å². The van der Waals surface area contributed by atoms with E-state index in [1.807, 2.05) is 0 Å². The fourth-order valence-electron chi connectivity index (χ4n) is 2.32. The molecule has 6 N–H and O–H groups in total. The van der Waals surface area contributed by atoms with Crippen molar-refractivity contribution in [3.63, 3.8) is 0 Å². The third-order valence-corrected chi connectivity index (χ3v) is 3.86. The molecule has 0 unspecified atom stereocenters. The Hall–Kier alpha value is 0.0700. The number of aliphatic hydroxyl groups excluding tert-OH is 6. The van der Waals surface area contributed by atoms with Crippen molar-refractivity contribution < 1.29 is 89.3 Å². The Balaban J connectivity index is 0.00000312. The first-order valence-electron chi connectivity index (χ1n) is 7.07. The van der Waals surface area contributed by atoms with Crippen LogP contribution in [0.25, 0.3) is 0 Å². The Labute approximate surface area is 163 Å². The van der Waals surface area contributed by atoms with Gasteiger partial charge in [0.25, 0.3) is 0 Å². The van der Waals surface area contributed by atoms with Crippen molar-refractivity contribution in [3.8, 4) is 0 Å². The van der Waals surface area contributed by atoms with Gasteiger partial charge in [0.15, 0.2) is 0 Å². The van der Waals surface area contributed by atoms with Crippen LogP contribution >= 0.6 is 0 Å². The fraction of sp³-hybridized carbons (Fsp3) is 0.917. The van der Waals surface area contributed by atoms with E-state index in [4.69, 9.17) is 9.47 Å². The molecule has 2 saturated heterocycles. The molecule has 10 atom stereocenters. The van der Waals surface area contributed by atoms with Gasteiger partial charge in [-0.2, -0.15) is 9.78 Å². The number of ether oxygens (including phenoxy) is 2. The molecular weight excluding hydrogens is 359 g/mol. The maximum atomic E-state index is 10.8. The summed E-state index contributed by atoms with van der Waals surface area (Å²) in [5.74, 6) is -1.86. The van der Waals surface area contributed by atoms with E-state index < -0.39 is 67.4 Å². The van der Waals surface area contributed by atoms with Gasteiger partial charge in [0, 0.05) is 0 Å². The summed E-state index contributed by atoms with van der Waals surface area (Å²) in [5.41, 5.74) is 0. The molecule has 0 bridgehead atoms. The minimum Gasteiger partial charge on any atom is -0.547 e. The first-order chi connectivity index (χ1) is 11.1. The zero-order valence-electron chi connectivity index (χ0n) is 13.4. The average Bonchev–Trinajstić information content (AvgIpc) is 2.54. The molecule has 12 nitrogen and oxygen atoms in total. The fourth-order valence-corrected chi connectivity index (χ4v) is 2.32. The monoisotopic (exact) mass is 378 g/mol. The van der Waals surface area contributed by atoms with Crippen LogP contribution in [-0.2, 0) is 24.0 Å². The third-order valence-electron chi connectivity index (χ3n) is 3.86. The minimum absolute atomic E-state index is 0. The SMILES string of the molecule is C[C@H]1O[C@H](OO[C@@H]2O[C@H](C(=O)[O-])[C@@H](O)[C@H](O)[C@H]2O)[C@H](O)[C@@H](O)[C@@H]1O.[Na+]. The summed E-state index contributed by atoms with van der Waals surface area (Å²) < 4.78 is 9.77. The number of carboxylic acids is 1. The molecule has 0 aliphatic carbocycles. The molecule has 13 heteroatoms. The molecule has 0 amide bonds. The zero-order valence-corrected chi connectivity index (χ0v) is 15.4. The van der Waals surface area contributed by atoms with Crippen molar-refractivity contribution in [1.29, 1.82) is 0 Å². The van der Waals surface area contributed by atoms with Crippen LogP contribution in [-0.4, -0.2) is 98.0 Å². The molecule has 25 heavy (non-hydrogen) atoms. The first kappa shape index (κ1) is 23.1. The second-order valence-electron chi connectivity index (χ2n) is 5.59. The van der Waals surface area contributed by atoms with Crippen LogP contribution in [0.4, 0.5) is 0 Å². The summed E-state index contributed by atoms with van der Waals surface area (Å²) in [4.78, 5) is 20.1. The number of carbonyl (C=O) groups is 1. The van der Waals surface area contributed by atoms with Crippen LogP contribution in [0, 0.1) is 0 Å². The average molecular weight is 378 g/mol. The van der Waals surface area contributed by atoms with Gasteiger partial charge in [0.2, 0.25) is 12.6 Å². The number of hydrogen-bond donors (Lipinski definition) is 6. The summed E-state index contributed by atoms with van der Waals surface area (Å²) in [7, 11) is 0. The van der Waals surface area contributed by atoms with Crippen molar-refractivity contribution in [2.24, 2.45) is 0 Å². The first-order valence-corrected chi connectivity index (χ1v) is 7.07. The number of aliphatic hydroxyl groups is 6. The molecule has 2 aliphatic heterocycles.